The van der Waals surface area contributed by atoms with E-state index in [9.17, 15) is 4.79 Å². The molecule has 0 atom stereocenters. The van der Waals surface area contributed by atoms with Crippen molar-refractivity contribution in [3.05, 3.63) is 52.0 Å². The summed E-state index contributed by atoms with van der Waals surface area (Å²) in [7, 11) is 0. The molecular weight excluding hydrogens is 314 g/mol. The number of nitrogens with one attached hydrogen (secondary N) is 2. The lowest BCUT2D eigenvalue weighted by atomic mass is 10.1. The van der Waals surface area contributed by atoms with Crippen LogP contribution in [0.2, 0.25) is 5.15 Å². The summed E-state index contributed by atoms with van der Waals surface area (Å²) in [5.74, 6) is 0.588. The molecule has 1 amide bonds. The second-order valence-electron chi connectivity index (χ2n) is 5.65. The van der Waals surface area contributed by atoms with Crippen LogP contribution in [0, 0.1) is 13.8 Å². The van der Waals surface area contributed by atoms with Gasteiger partial charge in [0.15, 0.2) is 5.15 Å². The molecule has 0 radical (unpaired) electrons. The van der Waals surface area contributed by atoms with E-state index >= 15 is 0 Å². The van der Waals surface area contributed by atoms with Crippen molar-refractivity contribution in [1.29, 1.82) is 0 Å². The van der Waals surface area contributed by atoms with Gasteiger partial charge in [0.25, 0.3) is 0 Å². The van der Waals surface area contributed by atoms with E-state index in [1.165, 1.54) is 16.6 Å². The molecule has 120 valence electrons. The van der Waals surface area contributed by atoms with Crippen LogP contribution in [-0.4, -0.2) is 16.0 Å². The number of amides is 1. The zero-order valence-corrected chi connectivity index (χ0v) is 13.8. The molecule has 6 heteroatoms. The molecule has 0 fully saturated rings. The summed E-state index contributed by atoms with van der Waals surface area (Å²) in [5.41, 5.74) is 4.62. The highest BCUT2D eigenvalue weighted by Crippen LogP contribution is 2.22. The lowest BCUT2D eigenvalue weighted by Gasteiger charge is -2.05. The van der Waals surface area contributed by atoms with Crippen molar-refractivity contribution in [3.8, 4) is 0 Å². The highest BCUT2D eigenvalue weighted by atomic mass is 35.5. The maximum absolute atomic E-state index is 11.9. The van der Waals surface area contributed by atoms with Gasteiger partial charge in [-0.2, -0.15) is 0 Å². The standard InChI is InChI=1S/C17H18ClN3O2/c1-10-11(2)20-15-5-3-12(7-14(10)15)9-19-17(22)6-4-13-8-16(18)21-23-13/h3,5,7-8,20H,4,6,9H2,1-2H3,(H,19,22). The second kappa shape index (κ2) is 6.46. The van der Waals surface area contributed by atoms with E-state index < -0.39 is 0 Å². The Hall–Kier alpha value is -2.27. The molecule has 23 heavy (non-hydrogen) atoms. The zero-order chi connectivity index (χ0) is 16.4. The van der Waals surface area contributed by atoms with Gasteiger partial charge in [-0.1, -0.05) is 22.8 Å². The number of aromatic amines is 1. The molecule has 0 saturated carbocycles. The molecule has 0 aliphatic carbocycles. The normalized spacial score (nSPS) is 11.1. The summed E-state index contributed by atoms with van der Waals surface area (Å²) in [6.45, 7) is 4.67. The molecule has 3 aromatic rings. The molecule has 3 rings (SSSR count). The van der Waals surface area contributed by atoms with Crippen molar-refractivity contribution in [2.75, 3.05) is 0 Å². The predicted octanol–water partition coefficient (Wildman–Crippen LogP) is 3.68. The van der Waals surface area contributed by atoms with E-state index in [0.717, 1.165) is 11.1 Å². The van der Waals surface area contributed by atoms with E-state index in [0.29, 0.717) is 30.3 Å². The molecule has 0 saturated heterocycles. The summed E-state index contributed by atoms with van der Waals surface area (Å²) in [6.07, 6.45) is 0.830. The van der Waals surface area contributed by atoms with E-state index in [-0.39, 0.29) is 5.91 Å². The van der Waals surface area contributed by atoms with Gasteiger partial charge in [0.05, 0.1) is 0 Å². The molecule has 0 spiro atoms. The van der Waals surface area contributed by atoms with E-state index in [1.54, 1.807) is 6.07 Å². The van der Waals surface area contributed by atoms with Crippen molar-refractivity contribution < 1.29 is 9.32 Å². The SMILES string of the molecule is Cc1[nH]c2ccc(CNC(=O)CCc3cc(Cl)no3)cc2c1C. The largest absolute Gasteiger partial charge is 0.360 e. The number of carbonyl (C=O) groups excluding carboxylic acids is 1. The molecule has 2 N–H and O–H groups in total. The second-order valence-corrected chi connectivity index (χ2v) is 6.03. The average molecular weight is 332 g/mol. The van der Waals surface area contributed by atoms with Gasteiger partial charge in [0.2, 0.25) is 5.91 Å². The number of H-pyrrole nitrogens is 1. The Morgan fingerprint density at radius 3 is 2.91 bits per heavy atom. The monoisotopic (exact) mass is 331 g/mol. The average Bonchev–Trinajstić information content (AvgIpc) is 3.07. The van der Waals surface area contributed by atoms with Crippen LogP contribution in [0.25, 0.3) is 10.9 Å². The fourth-order valence-electron chi connectivity index (χ4n) is 2.55. The molecule has 1 aromatic carbocycles. The van der Waals surface area contributed by atoms with E-state index in [2.05, 4.69) is 35.4 Å². The molecule has 2 aromatic heterocycles. The minimum Gasteiger partial charge on any atom is -0.360 e. The van der Waals surface area contributed by atoms with Crippen molar-refractivity contribution in [2.24, 2.45) is 0 Å². The van der Waals surface area contributed by atoms with Gasteiger partial charge in [-0.3, -0.25) is 4.79 Å². The molecule has 5 nitrogen and oxygen atoms in total. The summed E-state index contributed by atoms with van der Waals surface area (Å²) in [4.78, 5) is 15.3. The minimum atomic E-state index is -0.0282. The zero-order valence-electron chi connectivity index (χ0n) is 13.1. The van der Waals surface area contributed by atoms with Crippen LogP contribution < -0.4 is 5.32 Å². The first-order valence-corrected chi connectivity index (χ1v) is 7.86. The Kier molecular flexibility index (Phi) is 4.39. The maximum Gasteiger partial charge on any atom is 0.220 e. The molecule has 0 unspecified atom stereocenters. The Morgan fingerprint density at radius 2 is 2.17 bits per heavy atom. The first-order valence-electron chi connectivity index (χ1n) is 7.48. The number of hydrogen-bond donors (Lipinski definition) is 2. The van der Waals surface area contributed by atoms with Crippen molar-refractivity contribution in [3.63, 3.8) is 0 Å². The Bertz CT molecular complexity index is 851. The first kappa shape index (κ1) is 15.6. The number of benzene rings is 1. The Labute approximate surface area is 139 Å². The first-order chi connectivity index (χ1) is 11.0. The summed E-state index contributed by atoms with van der Waals surface area (Å²) in [6, 6.07) is 7.81. The summed E-state index contributed by atoms with van der Waals surface area (Å²) >= 11 is 5.67. The number of aryl methyl sites for hydroxylation is 3. The van der Waals surface area contributed by atoms with Crippen LogP contribution in [-0.2, 0) is 17.8 Å². The lowest BCUT2D eigenvalue weighted by molar-refractivity contribution is -0.121. The molecule has 0 aliphatic rings. The fourth-order valence-corrected chi connectivity index (χ4v) is 2.71. The number of carbonyl (C=O) groups is 1. The van der Waals surface area contributed by atoms with Gasteiger partial charge in [0, 0.05) is 42.0 Å². The number of nitrogens with zero attached hydrogens (tertiary/aromatic N) is 1. The van der Waals surface area contributed by atoms with E-state index in [4.69, 9.17) is 16.1 Å². The van der Waals surface area contributed by atoms with Crippen LogP contribution >= 0.6 is 11.6 Å². The maximum atomic E-state index is 11.9. The quantitative estimate of drug-likeness (QED) is 0.749. The summed E-state index contributed by atoms with van der Waals surface area (Å²) in [5, 5.41) is 8.02. The number of rotatable bonds is 5. The van der Waals surface area contributed by atoms with Gasteiger partial charge in [-0.25, -0.2) is 0 Å². The Balaban J connectivity index is 1.57. The third-order valence-corrected chi connectivity index (χ3v) is 4.17. The number of hydrogen-bond acceptors (Lipinski definition) is 3. The molecule has 0 aliphatic heterocycles. The minimum absolute atomic E-state index is 0.0282. The predicted molar refractivity (Wildman–Crippen MR) is 89.5 cm³/mol. The van der Waals surface area contributed by atoms with Crippen molar-refractivity contribution in [2.45, 2.75) is 33.2 Å². The van der Waals surface area contributed by atoms with Crippen LogP contribution in [0.1, 0.15) is 29.0 Å². The topological polar surface area (TPSA) is 70.9 Å². The molecule has 2 heterocycles. The lowest BCUT2D eigenvalue weighted by Crippen LogP contribution is -2.22. The molecular formula is C17H18ClN3O2. The van der Waals surface area contributed by atoms with Gasteiger partial charge in [-0.05, 0) is 37.1 Å². The van der Waals surface area contributed by atoms with Crippen molar-refractivity contribution in [1.82, 2.24) is 15.5 Å². The van der Waals surface area contributed by atoms with Crippen LogP contribution in [0.3, 0.4) is 0 Å². The third-order valence-electron chi connectivity index (χ3n) is 3.99. The van der Waals surface area contributed by atoms with Crippen LogP contribution in [0.5, 0.6) is 0 Å². The molecule has 0 bridgehead atoms. The Morgan fingerprint density at radius 1 is 1.35 bits per heavy atom. The van der Waals surface area contributed by atoms with E-state index in [1.807, 2.05) is 12.1 Å². The van der Waals surface area contributed by atoms with Crippen molar-refractivity contribution >= 4 is 28.4 Å². The number of halogens is 1. The van der Waals surface area contributed by atoms with Crippen LogP contribution in [0.15, 0.2) is 28.8 Å². The highest BCUT2D eigenvalue weighted by Gasteiger charge is 2.08. The van der Waals surface area contributed by atoms with Crippen LogP contribution in [0.4, 0.5) is 0 Å². The van der Waals surface area contributed by atoms with Gasteiger partial charge in [-0.15, -0.1) is 0 Å². The number of aromatic nitrogens is 2. The third kappa shape index (κ3) is 3.56. The fraction of sp³-hybridized carbons (Fsp3) is 0.294. The number of fused-ring (bicyclic) bond motifs is 1. The van der Waals surface area contributed by atoms with Gasteiger partial charge in [0.1, 0.15) is 5.76 Å². The van der Waals surface area contributed by atoms with Gasteiger partial charge < -0.3 is 14.8 Å². The summed E-state index contributed by atoms with van der Waals surface area (Å²) < 4.78 is 4.98. The van der Waals surface area contributed by atoms with Gasteiger partial charge >= 0.3 is 0 Å². The smallest absolute Gasteiger partial charge is 0.220 e. The highest BCUT2D eigenvalue weighted by molar-refractivity contribution is 6.29.